The number of hydrogen-bond donors (Lipinski definition) is 1. The number of aryl methyl sites for hydroxylation is 1. The zero-order valence-corrected chi connectivity index (χ0v) is 10.2. The Morgan fingerprint density at radius 1 is 1.47 bits per heavy atom. The molecule has 4 heteroatoms. The van der Waals surface area contributed by atoms with Crippen molar-refractivity contribution in [2.75, 3.05) is 19.0 Å². The fourth-order valence-corrected chi connectivity index (χ4v) is 1.53. The predicted octanol–water partition coefficient (Wildman–Crippen LogP) is 2.22. The van der Waals surface area contributed by atoms with Crippen LogP contribution in [0, 0.1) is 6.92 Å². The Labute approximate surface area is 91.7 Å². The summed E-state index contributed by atoms with van der Waals surface area (Å²) in [6, 6.07) is 0.692. The third-order valence-electron chi connectivity index (χ3n) is 2.20. The van der Waals surface area contributed by atoms with E-state index < -0.39 is 0 Å². The standard InChI is InChI=1S/C11H21N3O/c1-8(2)14-6-9(3)12-11(14)13-10(4)7-15-5/h6,8,10H,7H2,1-5H3,(H,12,13). The van der Waals surface area contributed by atoms with Crippen LogP contribution in [0.15, 0.2) is 6.20 Å². The van der Waals surface area contributed by atoms with Crippen molar-refractivity contribution in [1.29, 1.82) is 0 Å². The van der Waals surface area contributed by atoms with Crippen molar-refractivity contribution in [1.82, 2.24) is 9.55 Å². The highest BCUT2D eigenvalue weighted by molar-refractivity contribution is 5.30. The van der Waals surface area contributed by atoms with E-state index in [9.17, 15) is 0 Å². The minimum Gasteiger partial charge on any atom is -0.383 e. The normalized spacial score (nSPS) is 13.2. The monoisotopic (exact) mass is 211 g/mol. The maximum atomic E-state index is 5.08. The van der Waals surface area contributed by atoms with Crippen LogP contribution >= 0.6 is 0 Å². The lowest BCUT2D eigenvalue weighted by molar-refractivity contribution is 0.190. The molecule has 1 aromatic heterocycles. The molecule has 4 nitrogen and oxygen atoms in total. The number of methoxy groups -OCH3 is 1. The first-order valence-corrected chi connectivity index (χ1v) is 5.35. The molecule has 1 rings (SSSR count). The van der Waals surface area contributed by atoms with Gasteiger partial charge in [0.2, 0.25) is 5.95 Å². The van der Waals surface area contributed by atoms with Crippen LogP contribution in [0.2, 0.25) is 0 Å². The van der Waals surface area contributed by atoms with Gasteiger partial charge in [0.25, 0.3) is 0 Å². The molecule has 0 spiro atoms. The molecule has 0 aromatic carbocycles. The smallest absolute Gasteiger partial charge is 0.203 e. The Morgan fingerprint density at radius 3 is 2.67 bits per heavy atom. The van der Waals surface area contributed by atoms with Crippen LogP contribution in [0.3, 0.4) is 0 Å². The third-order valence-corrected chi connectivity index (χ3v) is 2.20. The lowest BCUT2D eigenvalue weighted by Gasteiger charge is -2.16. The molecule has 1 unspecified atom stereocenters. The second-order valence-electron chi connectivity index (χ2n) is 4.21. The fourth-order valence-electron chi connectivity index (χ4n) is 1.53. The molecule has 0 saturated heterocycles. The van der Waals surface area contributed by atoms with Gasteiger partial charge >= 0.3 is 0 Å². The minimum atomic E-state index is 0.272. The number of hydrogen-bond acceptors (Lipinski definition) is 3. The zero-order valence-electron chi connectivity index (χ0n) is 10.2. The summed E-state index contributed by atoms with van der Waals surface area (Å²) in [5.74, 6) is 0.923. The van der Waals surface area contributed by atoms with E-state index in [1.807, 2.05) is 6.92 Å². The van der Waals surface area contributed by atoms with Crippen molar-refractivity contribution < 1.29 is 4.74 Å². The molecule has 0 amide bonds. The quantitative estimate of drug-likeness (QED) is 0.811. The molecule has 0 saturated carbocycles. The molecule has 86 valence electrons. The molecular formula is C11H21N3O. The van der Waals surface area contributed by atoms with E-state index in [0.29, 0.717) is 12.6 Å². The lowest BCUT2D eigenvalue weighted by atomic mass is 10.3. The van der Waals surface area contributed by atoms with Crippen LogP contribution in [0.5, 0.6) is 0 Å². The van der Waals surface area contributed by atoms with E-state index in [-0.39, 0.29) is 6.04 Å². The summed E-state index contributed by atoms with van der Waals surface area (Å²) >= 11 is 0. The van der Waals surface area contributed by atoms with Gasteiger partial charge in [-0.3, -0.25) is 0 Å². The number of nitrogens with one attached hydrogen (secondary N) is 1. The number of ether oxygens (including phenoxy) is 1. The van der Waals surface area contributed by atoms with Gasteiger partial charge in [-0.25, -0.2) is 4.98 Å². The van der Waals surface area contributed by atoms with Crippen LogP contribution in [0.1, 0.15) is 32.5 Å². The van der Waals surface area contributed by atoms with Gasteiger partial charge in [0.15, 0.2) is 0 Å². The number of anilines is 1. The SMILES string of the molecule is COCC(C)Nc1nc(C)cn1C(C)C. The Balaban J connectivity index is 2.75. The van der Waals surface area contributed by atoms with E-state index in [4.69, 9.17) is 4.74 Å². The first kappa shape index (κ1) is 12.0. The van der Waals surface area contributed by atoms with Gasteiger partial charge in [-0.15, -0.1) is 0 Å². The molecule has 1 atom stereocenters. The van der Waals surface area contributed by atoms with Gasteiger partial charge in [0.05, 0.1) is 12.3 Å². The van der Waals surface area contributed by atoms with E-state index in [1.54, 1.807) is 7.11 Å². The van der Waals surface area contributed by atoms with Gasteiger partial charge in [0, 0.05) is 25.4 Å². The Morgan fingerprint density at radius 2 is 2.13 bits per heavy atom. The second-order valence-corrected chi connectivity index (χ2v) is 4.21. The van der Waals surface area contributed by atoms with Crippen molar-refractivity contribution in [3.8, 4) is 0 Å². The van der Waals surface area contributed by atoms with Crippen LogP contribution in [0.25, 0.3) is 0 Å². The van der Waals surface area contributed by atoms with Gasteiger partial charge in [0.1, 0.15) is 0 Å². The van der Waals surface area contributed by atoms with Crippen LogP contribution in [-0.4, -0.2) is 29.3 Å². The van der Waals surface area contributed by atoms with Gasteiger partial charge in [-0.2, -0.15) is 0 Å². The molecule has 0 aliphatic heterocycles. The molecule has 0 aliphatic rings. The number of aromatic nitrogens is 2. The van der Waals surface area contributed by atoms with Crippen molar-refractivity contribution in [2.24, 2.45) is 0 Å². The van der Waals surface area contributed by atoms with Crippen molar-refractivity contribution in [3.05, 3.63) is 11.9 Å². The fraction of sp³-hybridized carbons (Fsp3) is 0.727. The largest absolute Gasteiger partial charge is 0.383 e. The van der Waals surface area contributed by atoms with Crippen LogP contribution in [-0.2, 0) is 4.74 Å². The number of imidazole rings is 1. The third kappa shape index (κ3) is 3.23. The summed E-state index contributed by atoms with van der Waals surface area (Å²) < 4.78 is 7.22. The number of nitrogens with zero attached hydrogens (tertiary/aromatic N) is 2. The van der Waals surface area contributed by atoms with Gasteiger partial charge in [-0.05, 0) is 27.7 Å². The highest BCUT2D eigenvalue weighted by Gasteiger charge is 2.10. The van der Waals surface area contributed by atoms with Crippen molar-refractivity contribution in [3.63, 3.8) is 0 Å². The molecule has 1 heterocycles. The summed E-state index contributed by atoms with van der Waals surface area (Å²) in [6.07, 6.45) is 2.06. The van der Waals surface area contributed by atoms with E-state index in [2.05, 4.69) is 41.8 Å². The zero-order chi connectivity index (χ0) is 11.4. The molecule has 0 bridgehead atoms. The number of rotatable bonds is 5. The topological polar surface area (TPSA) is 39.1 Å². The maximum absolute atomic E-state index is 5.08. The molecule has 1 aromatic rings. The summed E-state index contributed by atoms with van der Waals surface area (Å²) in [4.78, 5) is 4.45. The Hall–Kier alpha value is -1.03. The highest BCUT2D eigenvalue weighted by Crippen LogP contribution is 2.15. The lowest BCUT2D eigenvalue weighted by Crippen LogP contribution is -2.23. The van der Waals surface area contributed by atoms with Crippen molar-refractivity contribution in [2.45, 2.75) is 39.8 Å². The average molecular weight is 211 g/mol. The van der Waals surface area contributed by atoms with Gasteiger partial charge in [-0.1, -0.05) is 0 Å². The molecule has 1 N–H and O–H groups in total. The highest BCUT2D eigenvalue weighted by atomic mass is 16.5. The maximum Gasteiger partial charge on any atom is 0.203 e. The first-order chi connectivity index (χ1) is 7.04. The molecule has 0 fully saturated rings. The first-order valence-electron chi connectivity index (χ1n) is 5.35. The van der Waals surface area contributed by atoms with Crippen LogP contribution < -0.4 is 5.32 Å². The van der Waals surface area contributed by atoms with E-state index in [1.165, 1.54) is 0 Å². The molecule has 0 aliphatic carbocycles. The predicted molar refractivity (Wildman–Crippen MR) is 62.3 cm³/mol. The summed E-state index contributed by atoms with van der Waals surface area (Å²) in [7, 11) is 1.71. The Bertz CT molecular complexity index is 307. The molecule has 0 radical (unpaired) electrons. The Kier molecular flexibility index (Phi) is 4.15. The second kappa shape index (κ2) is 5.16. The summed E-state index contributed by atoms with van der Waals surface area (Å²) in [6.45, 7) is 9.06. The summed E-state index contributed by atoms with van der Waals surface area (Å²) in [5.41, 5.74) is 1.04. The summed E-state index contributed by atoms with van der Waals surface area (Å²) in [5, 5.41) is 3.34. The average Bonchev–Trinajstić information content (AvgIpc) is 2.47. The molecular weight excluding hydrogens is 190 g/mol. The minimum absolute atomic E-state index is 0.272. The van der Waals surface area contributed by atoms with Crippen LogP contribution in [0.4, 0.5) is 5.95 Å². The van der Waals surface area contributed by atoms with E-state index >= 15 is 0 Å². The van der Waals surface area contributed by atoms with Crippen molar-refractivity contribution >= 4 is 5.95 Å². The molecule has 15 heavy (non-hydrogen) atoms. The van der Waals surface area contributed by atoms with Gasteiger partial charge < -0.3 is 14.6 Å². The van der Waals surface area contributed by atoms with E-state index in [0.717, 1.165) is 11.6 Å².